The average molecular weight is 372 g/mol. The Morgan fingerprint density at radius 2 is 1.67 bits per heavy atom. The van der Waals surface area contributed by atoms with Crippen molar-refractivity contribution in [1.29, 1.82) is 0 Å². The topological polar surface area (TPSA) is 67.3 Å². The van der Waals surface area contributed by atoms with Gasteiger partial charge in [0.25, 0.3) is 5.91 Å². The van der Waals surface area contributed by atoms with Crippen molar-refractivity contribution in [1.82, 2.24) is 9.88 Å². The van der Waals surface area contributed by atoms with E-state index in [1.54, 1.807) is 29.2 Å². The van der Waals surface area contributed by atoms with Crippen molar-refractivity contribution in [2.24, 2.45) is 0 Å². The summed E-state index contributed by atoms with van der Waals surface area (Å²) in [6, 6.07) is 6.99. The molecular weight excluding hydrogens is 354 g/mol. The first-order valence-corrected chi connectivity index (χ1v) is 8.68. The van der Waals surface area contributed by atoms with Gasteiger partial charge in [0, 0.05) is 49.5 Å². The number of piperidine rings is 1. The number of aryl methyl sites for hydroxylation is 1. The molecule has 140 valence electrons. The second-order valence-corrected chi connectivity index (χ2v) is 6.41. The van der Waals surface area contributed by atoms with Crippen LogP contribution in [0, 0.1) is 11.6 Å². The van der Waals surface area contributed by atoms with Crippen LogP contribution in [0.2, 0.25) is 0 Å². The maximum absolute atomic E-state index is 13.6. The van der Waals surface area contributed by atoms with Crippen LogP contribution in [0.3, 0.4) is 0 Å². The summed E-state index contributed by atoms with van der Waals surface area (Å²) in [5.74, 6) is -1.76. The molecule has 0 N–H and O–H groups in total. The molecule has 1 amide bonds. The normalized spacial score (nSPS) is 14.3. The third-order valence-electron chi connectivity index (χ3n) is 4.54. The summed E-state index contributed by atoms with van der Waals surface area (Å²) in [4.78, 5) is 41.2. The van der Waals surface area contributed by atoms with Crippen molar-refractivity contribution in [2.45, 2.75) is 25.7 Å². The molecule has 1 fully saturated rings. The van der Waals surface area contributed by atoms with E-state index < -0.39 is 11.6 Å². The number of hydrogen-bond donors (Lipinski definition) is 0. The van der Waals surface area contributed by atoms with Gasteiger partial charge in [-0.3, -0.25) is 19.4 Å². The molecule has 0 aliphatic carbocycles. The summed E-state index contributed by atoms with van der Waals surface area (Å²) in [6.45, 7) is 0.823. The molecule has 1 saturated heterocycles. The molecule has 1 aromatic carbocycles. The number of benzene rings is 1. The highest BCUT2D eigenvalue weighted by atomic mass is 19.1. The van der Waals surface area contributed by atoms with E-state index in [1.165, 1.54) is 0 Å². The van der Waals surface area contributed by atoms with E-state index in [-0.39, 0.29) is 36.0 Å². The molecule has 5 nitrogen and oxygen atoms in total. The number of pyridine rings is 1. The Morgan fingerprint density at radius 3 is 2.30 bits per heavy atom. The lowest BCUT2D eigenvalue weighted by molar-refractivity contribution is -0.120. The fourth-order valence-corrected chi connectivity index (χ4v) is 2.94. The van der Waals surface area contributed by atoms with Gasteiger partial charge in [-0.15, -0.1) is 0 Å². The quantitative estimate of drug-likeness (QED) is 0.757. The molecule has 0 atom stereocenters. The van der Waals surface area contributed by atoms with Crippen molar-refractivity contribution in [3.63, 3.8) is 0 Å². The molecule has 2 aromatic rings. The minimum Gasteiger partial charge on any atom is -0.338 e. The standard InChI is InChI=1S/C20H18F2N2O3/c21-15-11-17(22)18(23-12-15)5-6-19(26)13-1-3-14(4-2-13)20(27)24-9-7-16(25)8-10-24/h1-4,11-12H,5-10H2. The molecule has 0 saturated carbocycles. The minimum absolute atomic E-state index is 0.0249. The lowest BCUT2D eigenvalue weighted by Gasteiger charge is -2.26. The summed E-state index contributed by atoms with van der Waals surface area (Å²) in [5.41, 5.74) is 0.895. The number of carbonyl (C=O) groups is 3. The SMILES string of the molecule is O=C1CCN(C(=O)c2ccc(C(=O)CCc3ncc(F)cc3F)cc2)CC1. The van der Waals surface area contributed by atoms with Gasteiger partial charge in [-0.05, 0) is 18.6 Å². The predicted octanol–water partition coefficient (Wildman–Crippen LogP) is 2.98. The van der Waals surface area contributed by atoms with E-state index in [2.05, 4.69) is 4.98 Å². The maximum atomic E-state index is 13.6. The number of halogens is 2. The van der Waals surface area contributed by atoms with E-state index in [0.717, 1.165) is 12.3 Å². The molecule has 0 spiro atoms. The second kappa shape index (κ2) is 8.16. The van der Waals surface area contributed by atoms with E-state index >= 15 is 0 Å². The van der Waals surface area contributed by atoms with Crippen LogP contribution >= 0.6 is 0 Å². The molecule has 27 heavy (non-hydrogen) atoms. The van der Waals surface area contributed by atoms with Crippen LogP contribution in [0.1, 0.15) is 45.7 Å². The number of likely N-dealkylation sites (tertiary alicyclic amines) is 1. The number of Topliss-reactive ketones (excluding diaryl/α,β-unsaturated/α-hetero) is 2. The Balaban J connectivity index is 1.60. The van der Waals surface area contributed by atoms with Gasteiger partial charge < -0.3 is 4.90 Å². The van der Waals surface area contributed by atoms with Crippen LogP contribution in [0.15, 0.2) is 36.5 Å². The molecule has 0 bridgehead atoms. The summed E-state index contributed by atoms with van der Waals surface area (Å²) >= 11 is 0. The van der Waals surface area contributed by atoms with E-state index in [0.29, 0.717) is 37.1 Å². The molecule has 0 unspecified atom stereocenters. The number of carbonyl (C=O) groups excluding carboxylic acids is 3. The first-order valence-electron chi connectivity index (χ1n) is 8.68. The van der Waals surface area contributed by atoms with Gasteiger partial charge in [0.1, 0.15) is 17.4 Å². The van der Waals surface area contributed by atoms with Crippen LogP contribution in [-0.2, 0) is 11.2 Å². The molecule has 7 heteroatoms. The summed E-state index contributed by atoms with van der Waals surface area (Å²) < 4.78 is 26.4. The Hall–Kier alpha value is -2.96. The Morgan fingerprint density at radius 1 is 1.04 bits per heavy atom. The highest BCUT2D eigenvalue weighted by Crippen LogP contribution is 2.15. The van der Waals surface area contributed by atoms with E-state index in [9.17, 15) is 23.2 Å². The van der Waals surface area contributed by atoms with E-state index in [1.807, 2.05) is 0 Å². The summed E-state index contributed by atoms with van der Waals surface area (Å²) in [7, 11) is 0. The molecule has 2 heterocycles. The molecular formula is C20H18F2N2O3. The first-order chi connectivity index (χ1) is 12.9. The van der Waals surface area contributed by atoms with Gasteiger partial charge in [0.05, 0.1) is 11.9 Å². The van der Waals surface area contributed by atoms with Crippen molar-refractivity contribution in [3.05, 3.63) is 65.0 Å². The van der Waals surface area contributed by atoms with Crippen molar-refractivity contribution >= 4 is 17.5 Å². The second-order valence-electron chi connectivity index (χ2n) is 6.41. The number of ketones is 2. The van der Waals surface area contributed by atoms with Crippen LogP contribution in [0.4, 0.5) is 8.78 Å². The highest BCUT2D eigenvalue weighted by Gasteiger charge is 2.22. The fraction of sp³-hybridized carbons (Fsp3) is 0.300. The van der Waals surface area contributed by atoms with Gasteiger partial charge in [0.2, 0.25) is 0 Å². The molecule has 1 aliphatic heterocycles. The zero-order chi connectivity index (χ0) is 19.4. The van der Waals surface area contributed by atoms with Crippen LogP contribution < -0.4 is 0 Å². The van der Waals surface area contributed by atoms with Crippen molar-refractivity contribution < 1.29 is 23.2 Å². The van der Waals surface area contributed by atoms with Crippen LogP contribution in [0.25, 0.3) is 0 Å². The summed E-state index contributed by atoms with van der Waals surface area (Å²) in [5, 5.41) is 0. The monoisotopic (exact) mass is 372 g/mol. The predicted molar refractivity (Wildman–Crippen MR) is 93.4 cm³/mol. The Kier molecular flexibility index (Phi) is 5.69. The third kappa shape index (κ3) is 4.61. The zero-order valence-corrected chi connectivity index (χ0v) is 14.6. The highest BCUT2D eigenvalue weighted by molar-refractivity contribution is 5.99. The largest absolute Gasteiger partial charge is 0.338 e. The summed E-state index contributed by atoms with van der Waals surface area (Å²) in [6.07, 6.45) is 1.74. The van der Waals surface area contributed by atoms with Crippen molar-refractivity contribution in [3.8, 4) is 0 Å². The Bertz CT molecular complexity index is 871. The van der Waals surface area contributed by atoms with Gasteiger partial charge in [-0.1, -0.05) is 12.1 Å². The zero-order valence-electron chi connectivity index (χ0n) is 14.6. The minimum atomic E-state index is -0.774. The number of amides is 1. The number of nitrogens with zero attached hydrogens (tertiary/aromatic N) is 2. The molecule has 1 aliphatic rings. The maximum Gasteiger partial charge on any atom is 0.253 e. The van der Waals surface area contributed by atoms with Gasteiger partial charge >= 0.3 is 0 Å². The number of hydrogen-bond acceptors (Lipinski definition) is 4. The Labute approximate surface area is 155 Å². The smallest absolute Gasteiger partial charge is 0.253 e. The van der Waals surface area contributed by atoms with Crippen LogP contribution in [-0.4, -0.2) is 40.4 Å². The molecule has 0 radical (unpaired) electrons. The number of aromatic nitrogens is 1. The molecule has 3 rings (SSSR count). The first kappa shape index (κ1) is 18.8. The van der Waals surface area contributed by atoms with Gasteiger partial charge in [0.15, 0.2) is 5.78 Å². The number of rotatable bonds is 5. The van der Waals surface area contributed by atoms with Gasteiger partial charge in [-0.2, -0.15) is 0 Å². The molecule has 1 aromatic heterocycles. The van der Waals surface area contributed by atoms with Crippen LogP contribution in [0.5, 0.6) is 0 Å². The lowest BCUT2D eigenvalue weighted by atomic mass is 10.0. The van der Waals surface area contributed by atoms with Gasteiger partial charge in [-0.25, -0.2) is 8.78 Å². The average Bonchev–Trinajstić information content (AvgIpc) is 2.67. The third-order valence-corrected chi connectivity index (χ3v) is 4.54. The fourth-order valence-electron chi connectivity index (χ4n) is 2.94. The van der Waals surface area contributed by atoms with E-state index in [4.69, 9.17) is 0 Å². The van der Waals surface area contributed by atoms with Crippen molar-refractivity contribution in [2.75, 3.05) is 13.1 Å². The lowest BCUT2D eigenvalue weighted by Crippen LogP contribution is -2.38.